The van der Waals surface area contributed by atoms with E-state index >= 15 is 0 Å². The SMILES string of the molecule is CONC(=O)C1CN(C)CC1C. The van der Waals surface area contributed by atoms with Crippen LogP contribution in [0.4, 0.5) is 0 Å². The lowest BCUT2D eigenvalue weighted by molar-refractivity contribution is -0.136. The van der Waals surface area contributed by atoms with Gasteiger partial charge in [0.25, 0.3) is 0 Å². The molecule has 1 N–H and O–H groups in total. The van der Waals surface area contributed by atoms with Crippen LogP contribution in [0.25, 0.3) is 0 Å². The number of rotatable bonds is 2. The molecule has 2 atom stereocenters. The van der Waals surface area contributed by atoms with Gasteiger partial charge in [-0.3, -0.25) is 9.63 Å². The summed E-state index contributed by atoms with van der Waals surface area (Å²) in [6.07, 6.45) is 0. The highest BCUT2D eigenvalue weighted by Crippen LogP contribution is 2.21. The number of carbonyl (C=O) groups excluding carboxylic acids is 1. The maximum Gasteiger partial charge on any atom is 0.248 e. The Balaban J connectivity index is 2.46. The molecule has 12 heavy (non-hydrogen) atoms. The Morgan fingerprint density at radius 2 is 2.25 bits per heavy atom. The molecule has 4 heteroatoms. The molecule has 1 rings (SSSR count). The van der Waals surface area contributed by atoms with E-state index in [1.165, 1.54) is 7.11 Å². The van der Waals surface area contributed by atoms with Crippen LogP contribution in [0, 0.1) is 11.8 Å². The van der Waals surface area contributed by atoms with Crippen molar-refractivity contribution in [1.29, 1.82) is 0 Å². The minimum absolute atomic E-state index is 0.00523. The fourth-order valence-electron chi connectivity index (χ4n) is 1.73. The summed E-state index contributed by atoms with van der Waals surface area (Å²) in [5.41, 5.74) is 2.37. The summed E-state index contributed by atoms with van der Waals surface area (Å²) in [5, 5.41) is 0. The Kier molecular flexibility index (Phi) is 3.05. The van der Waals surface area contributed by atoms with Crippen LogP contribution in [0.2, 0.25) is 0 Å². The van der Waals surface area contributed by atoms with Crippen LogP contribution in [0.15, 0.2) is 0 Å². The maximum absolute atomic E-state index is 11.3. The van der Waals surface area contributed by atoms with E-state index < -0.39 is 0 Å². The van der Waals surface area contributed by atoms with Gasteiger partial charge in [0.2, 0.25) is 5.91 Å². The van der Waals surface area contributed by atoms with Crippen molar-refractivity contribution in [2.45, 2.75) is 6.92 Å². The Morgan fingerprint density at radius 3 is 2.67 bits per heavy atom. The highest BCUT2D eigenvalue weighted by Gasteiger charge is 2.32. The van der Waals surface area contributed by atoms with Crippen LogP contribution in [0.3, 0.4) is 0 Å². The van der Waals surface area contributed by atoms with Crippen LogP contribution in [-0.2, 0) is 9.63 Å². The number of nitrogens with one attached hydrogen (secondary N) is 1. The molecule has 70 valence electrons. The molecule has 0 aromatic heterocycles. The van der Waals surface area contributed by atoms with Gasteiger partial charge >= 0.3 is 0 Å². The predicted octanol–water partition coefficient (Wildman–Crippen LogP) is -0.138. The molecule has 1 heterocycles. The van der Waals surface area contributed by atoms with Crippen molar-refractivity contribution in [1.82, 2.24) is 10.4 Å². The standard InChI is InChI=1S/C8H16N2O2/c1-6-4-10(2)5-7(6)8(11)9-12-3/h6-7H,4-5H2,1-3H3,(H,9,11). The molecule has 0 saturated carbocycles. The minimum Gasteiger partial charge on any atom is -0.305 e. The lowest BCUT2D eigenvalue weighted by Gasteiger charge is -2.12. The highest BCUT2D eigenvalue weighted by atomic mass is 16.6. The van der Waals surface area contributed by atoms with Gasteiger partial charge in [-0.25, -0.2) is 5.48 Å². The van der Waals surface area contributed by atoms with Gasteiger partial charge in [0.15, 0.2) is 0 Å². The van der Waals surface area contributed by atoms with Crippen LogP contribution < -0.4 is 5.48 Å². The molecule has 0 aromatic carbocycles. The molecule has 0 bridgehead atoms. The molecule has 0 aliphatic carbocycles. The Bertz CT molecular complexity index is 172. The van der Waals surface area contributed by atoms with E-state index in [0.29, 0.717) is 5.92 Å². The van der Waals surface area contributed by atoms with Crippen molar-refractivity contribution >= 4 is 5.91 Å². The lowest BCUT2D eigenvalue weighted by atomic mass is 9.98. The predicted molar refractivity (Wildman–Crippen MR) is 45.3 cm³/mol. The third-order valence-electron chi connectivity index (χ3n) is 2.33. The molecule has 2 unspecified atom stereocenters. The van der Waals surface area contributed by atoms with E-state index in [1.54, 1.807) is 0 Å². The molecule has 0 aromatic rings. The molecule has 1 amide bonds. The molecule has 0 spiro atoms. The first-order valence-electron chi connectivity index (χ1n) is 4.16. The van der Waals surface area contributed by atoms with Crippen molar-refractivity contribution in [3.63, 3.8) is 0 Å². The number of hydrogen-bond donors (Lipinski definition) is 1. The van der Waals surface area contributed by atoms with Crippen molar-refractivity contribution in [3.05, 3.63) is 0 Å². The summed E-state index contributed by atoms with van der Waals surface area (Å²) in [5.74, 6) is 0.495. The number of hydroxylamine groups is 1. The zero-order valence-electron chi connectivity index (χ0n) is 7.83. The fourth-order valence-corrected chi connectivity index (χ4v) is 1.73. The Hall–Kier alpha value is -0.610. The van der Waals surface area contributed by atoms with Gasteiger partial charge in [-0.1, -0.05) is 6.92 Å². The van der Waals surface area contributed by atoms with E-state index in [0.717, 1.165) is 13.1 Å². The number of carbonyl (C=O) groups is 1. The topological polar surface area (TPSA) is 41.6 Å². The van der Waals surface area contributed by atoms with Gasteiger partial charge in [-0.05, 0) is 13.0 Å². The summed E-state index contributed by atoms with van der Waals surface area (Å²) >= 11 is 0. The van der Waals surface area contributed by atoms with E-state index in [9.17, 15) is 4.79 Å². The van der Waals surface area contributed by atoms with Crippen LogP contribution in [0.1, 0.15) is 6.92 Å². The fraction of sp³-hybridized carbons (Fsp3) is 0.875. The minimum atomic E-state index is -0.00523. The van der Waals surface area contributed by atoms with E-state index in [1.807, 2.05) is 7.05 Å². The maximum atomic E-state index is 11.3. The molecule has 0 radical (unpaired) electrons. The third kappa shape index (κ3) is 1.95. The normalized spacial score (nSPS) is 30.6. The average Bonchev–Trinajstić information content (AvgIpc) is 2.30. The van der Waals surface area contributed by atoms with Crippen molar-refractivity contribution in [2.75, 3.05) is 27.2 Å². The second-order valence-corrected chi connectivity index (χ2v) is 3.48. The largest absolute Gasteiger partial charge is 0.305 e. The second kappa shape index (κ2) is 3.87. The molecular weight excluding hydrogens is 156 g/mol. The van der Waals surface area contributed by atoms with Gasteiger partial charge in [-0.2, -0.15) is 0 Å². The third-order valence-corrected chi connectivity index (χ3v) is 2.33. The van der Waals surface area contributed by atoms with Gasteiger partial charge in [0.1, 0.15) is 0 Å². The van der Waals surface area contributed by atoms with Gasteiger partial charge in [-0.15, -0.1) is 0 Å². The van der Waals surface area contributed by atoms with Crippen molar-refractivity contribution in [3.8, 4) is 0 Å². The van der Waals surface area contributed by atoms with Crippen molar-refractivity contribution < 1.29 is 9.63 Å². The first-order chi connectivity index (χ1) is 5.65. The lowest BCUT2D eigenvalue weighted by Crippen LogP contribution is -2.33. The molecular formula is C8H16N2O2. The zero-order valence-corrected chi connectivity index (χ0v) is 7.83. The number of hydrogen-bond acceptors (Lipinski definition) is 3. The van der Waals surface area contributed by atoms with Crippen LogP contribution >= 0.6 is 0 Å². The highest BCUT2D eigenvalue weighted by molar-refractivity contribution is 5.78. The molecule has 1 fully saturated rings. The number of nitrogens with zero attached hydrogens (tertiary/aromatic N) is 1. The monoisotopic (exact) mass is 172 g/mol. The molecule has 1 aliphatic rings. The average molecular weight is 172 g/mol. The summed E-state index contributed by atoms with van der Waals surface area (Å²) in [7, 11) is 3.48. The molecule has 4 nitrogen and oxygen atoms in total. The van der Waals surface area contributed by atoms with E-state index in [-0.39, 0.29) is 11.8 Å². The van der Waals surface area contributed by atoms with Gasteiger partial charge in [0.05, 0.1) is 13.0 Å². The van der Waals surface area contributed by atoms with E-state index in [4.69, 9.17) is 0 Å². The molecule has 1 saturated heterocycles. The summed E-state index contributed by atoms with van der Waals surface area (Å²) in [4.78, 5) is 18.1. The zero-order chi connectivity index (χ0) is 9.14. The summed E-state index contributed by atoms with van der Waals surface area (Å²) in [6.45, 7) is 3.90. The first-order valence-corrected chi connectivity index (χ1v) is 4.16. The van der Waals surface area contributed by atoms with Crippen LogP contribution in [-0.4, -0.2) is 38.1 Å². The van der Waals surface area contributed by atoms with Gasteiger partial charge < -0.3 is 4.90 Å². The van der Waals surface area contributed by atoms with Crippen LogP contribution in [0.5, 0.6) is 0 Å². The molecule has 1 aliphatic heterocycles. The number of likely N-dealkylation sites (tertiary alicyclic amines) is 1. The Morgan fingerprint density at radius 1 is 1.58 bits per heavy atom. The first kappa shape index (κ1) is 9.48. The quantitative estimate of drug-likeness (QED) is 0.589. The second-order valence-electron chi connectivity index (χ2n) is 3.48. The Labute approximate surface area is 72.8 Å². The van der Waals surface area contributed by atoms with E-state index in [2.05, 4.69) is 22.1 Å². The summed E-state index contributed by atoms with van der Waals surface area (Å²) in [6, 6.07) is 0. The van der Waals surface area contributed by atoms with Gasteiger partial charge in [0, 0.05) is 13.1 Å². The smallest absolute Gasteiger partial charge is 0.248 e. The number of amides is 1. The summed E-state index contributed by atoms with van der Waals surface area (Å²) < 4.78 is 0. The van der Waals surface area contributed by atoms with Crippen molar-refractivity contribution in [2.24, 2.45) is 11.8 Å².